The molecule has 8 heteroatoms. The maximum Gasteiger partial charge on any atom is 0.241 e. The van der Waals surface area contributed by atoms with Crippen molar-refractivity contribution in [3.05, 3.63) is 66.2 Å². The molecule has 1 amide bonds. The van der Waals surface area contributed by atoms with Gasteiger partial charge in [0.05, 0.1) is 0 Å². The van der Waals surface area contributed by atoms with Crippen LogP contribution in [0.15, 0.2) is 60.7 Å². The van der Waals surface area contributed by atoms with Gasteiger partial charge in [-0.3, -0.25) is 9.69 Å². The van der Waals surface area contributed by atoms with Crippen molar-refractivity contribution in [2.24, 2.45) is 5.73 Å². The summed E-state index contributed by atoms with van der Waals surface area (Å²) in [6, 6.07) is 19.5. The summed E-state index contributed by atoms with van der Waals surface area (Å²) in [6.45, 7) is 5.89. The van der Waals surface area contributed by atoms with Gasteiger partial charge in [-0.25, -0.2) is 0 Å². The molecule has 1 aliphatic heterocycles. The third kappa shape index (κ3) is 8.41. The van der Waals surface area contributed by atoms with Crippen molar-refractivity contribution in [1.82, 2.24) is 10.2 Å². The minimum absolute atomic E-state index is 0. The van der Waals surface area contributed by atoms with E-state index in [9.17, 15) is 4.79 Å². The normalized spacial score (nSPS) is 14.6. The topological polar surface area (TPSA) is 61.6 Å². The molecule has 2 aromatic rings. The lowest BCUT2D eigenvalue weighted by Crippen LogP contribution is -2.47. The molecule has 0 spiro atoms. The van der Waals surface area contributed by atoms with E-state index in [1.807, 2.05) is 30.3 Å². The number of hydrogen-bond donors (Lipinski definition) is 2. The monoisotopic (exact) mass is 460 g/mol. The molecule has 1 fully saturated rings. The number of benzene rings is 2. The molecule has 1 heterocycles. The fraction of sp³-hybridized carbons (Fsp3) is 0.381. The van der Waals surface area contributed by atoms with Crippen LogP contribution in [-0.2, 0) is 4.79 Å². The van der Waals surface area contributed by atoms with Gasteiger partial charge < -0.3 is 16.0 Å². The molecule has 3 rings (SSSR count). The number of amides is 1. The second-order valence-electron chi connectivity index (χ2n) is 6.70. The molecule has 3 N–H and O–H groups in total. The molecular weight excluding hydrogens is 431 g/mol. The van der Waals surface area contributed by atoms with Crippen LogP contribution < -0.4 is 16.0 Å². The summed E-state index contributed by atoms with van der Waals surface area (Å²) in [6.07, 6.45) is 0.943. The van der Waals surface area contributed by atoms with E-state index < -0.39 is 6.04 Å². The second kappa shape index (κ2) is 14.5. The molecule has 0 aromatic heterocycles. The van der Waals surface area contributed by atoms with E-state index in [1.165, 1.54) is 5.69 Å². The number of piperazine rings is 1. The zero-order valence-corrected chi connectivity index (χ0v) is 18.9. The molecule has 5 nitrogen and oxygen atoms in total. The summed E-state index contributed by atoms with van der Waals surface area (Å²) in [4.78, 5) is 17.0. The van der Waals surface area contributed by atoms with E-state index in [0.717, 1.165) is 44.7 Å². The zero-order chi connectivity index (χ0) is 18.2. The Labute approximate surface area is 192 Å². The Hall–Kier alpha value is -1.50. The maximum atomic E-state index is 12.1. The van der Waals surface area contributed by atoms with Crippen LogP contribution in [0.1, 0.15) is 18.0 Å². The number of anilines is 1. The summed E-state index contributed by atoms with van der Waals surface area (Å²) in [5, 5.41) is 2.95. The van der Waals surface area contributed by atoms with E-state index >= 15 is 0 Å². The average molecular weight is 462 g/mol. The van der Waals surface area contributed by atoms with Crippen LogP contribution in [0.5, 0.6) is 0 Å². The number of nitrogens with zero attached hydrogens (tertiary/aromatic N) is 2. The van der Waals surface area contributed by atoms with Crippen LogP contribution in [0.3, 0.4) is 0 Å². The predicted molar refractivity (Wildman–Crippen MR) is 128 cm³/mol. The van der Waals surface area contributed by atoms with E-state index in [0.29, 0.717) is 6.54 Å². The number of nitrogens with two attached hydrogens (primary N) is 1. The SMILES string of the molecule is Cl.Cl.Cl.NC(C(=O)NCCCN1CCN(c2ccccc2)CC1)c1ccccc1. The summed E-state index contributed by atoms with van der Waals surface area (Å²) in [5.74, 6) is -0.106. The summed E-state index contributed by atoms with van der Waals surface area (Å²) < 4.78 is 0. The van der Waals surface area contributed by atoms with E-state index in [1.54, 1.807) is 0 Å². The fourth-order valence-electron chi connectivity index (χ4n) is 3.30. The lowest BCUT2D eigenvalue weighted by molar-refractivity contribution is -0.122. The largest absolute Gasteiger partial charge is 0.369 e. The first-order chi connectivity index (χ1) is 12.7. The van der Waals surface area contributed by atoms with Crippen LogP contribution in [0.25, 0.3) is 0 Å². The molecule has 0 saturated carbocycles. The number of para-hydroxylation sites is 1. The van der Waals surface area contributed by atoms with Crippen molar-refractivity contribution >= 4 is 48.8 Å². The van der Waals surface area contributed by atoms with Crippen molar-refractivity contribution in [2.45, 2.75) is 12.5 Å². The Morgan fingerprint density at radius 1 is 0.897 bits per heavy atom. The Morgan fingerprint density at radius 2 is 1.45 bits per heavy atom. The highest BCUT2D eigenvalue weighted by molar-refractivity contribution is 5.86. The van der Waals surface area contributed by atoms with E-state index in [4.69, 9.17) is 5.73 Å². The van der Waals surface area contributed by atoms with Gasteiger partial charge >= 0.3 is 0 Å². The van der Waals surface area contributed by atoms with Gasteiger partial charge in [0.25, 0.3) is 0 Å². The van der Waals surface area contributed by atoms with E-state index in [2.05, 4.69) is 45.4 Å². The van der Waals surface area contributed by atoms with Gasteiger partial charge in [0.2, 0.25) is 5.91 Å². The standard InChI is InChI=1S/C21H28N4O.3ClH/c22-20(18-8-3-1-4-9-18)21(26)23-12-7-13-24-14-16-25(17-15-24)19-10-5-2-6-11-19;;;/h1-6,8-11,20H,7,12-17,22H2,(H,23,26);3*1H. The summed E-state index contributed by atoms with van der Waals surface area (Å²) >= 11 is 0. The molecule has 0 aliphatic carbocycles. The number of hydrogen-bond acceptors (Lipinski definition) is 4. The lowest BCUT2D eigenvalue weighted by Gasteiger charge is -2.36. The van der Waals surface area contributed by atoms with Crippen LogP contribution in [-0.4, -0.2) is 50.1 Å². The predicted octanol–water partition coefficient (Wildman–Crippen LogP) is 3.28. The molecule has 1 saturated heterocycles. The maximum absolute atomic E-state index is 12.1. The lowest BCUT2D eigenvalue weighted by atomic mass is 10.1. The van der Waals surface area contributed by atoms with Gasteiger partial charge in [-0.15, -0.1) is 37.2 Å². The number of rotatable bonds is 7. The molecular formula is C21H31Cl3N4O. The number of carbonyl (C=O) groups excluding carboxylic acids is 1. The fourth-order valence-corrected chi connectivity index (χ4v) is 3.30. The highest BCUT2D eigenvalue weighted by Crippen LogP contribution is 2.15. The van der Waals surface area contributed by atoms with Gasteiger partial charge in [0.1, 0.15) is 6.04 Å². The molecule has 0 bridgehead atoms. The van der Waals surface area contributed by atoms with Crippen molar-refractivity contribution in [3.8, 4) is 0 Å². The summed E-state index contributed by atoms with van der Waals surface area (Å²) in [5.41, 5.74) is 8.16. The summed E-state index contributed by atoms with van der Waals surface area (Å²) in [7, 11) is 0. The number of halogens is 3. The van der Waals surface area contributed by atoms with Crippen molar-refractivity contribution in [2.75, 3.05) is 44.2 Å². The van der Waals surface area contributed by atoms with Crippen LogP contribution >= 0.6 is 37.2 Å². The Morgan fingerprint density at radius 3 is 2.03 bits per heavy atom. The van der Waals surface area contributed by atoms with Gasteiger partial charge in [-0.05, 0) is 30.7 Å². The third-order valence-electron chi connectivity index (χ3n) is 4.89. The number of nitrogens with one attached hydrogen (secondary N) is 1. The van der Waals surface area contributed by atoms with Gasteiger partial charge in [0.15, 0.2) is 0 Å². The Kier molecular flexibility index (Phi) is 13.7. The first kappa shape index (κ1) is 27.5. The first-order valence-electron chi connectivity index (χ1n) is 9.34. The molecule has 1 aliphatic rings. The highest BCUT2D eigenvalue weighted by Gasteiger charge is 2.17. The third-order valence-corrected chi connectivity index (χ3v) is 4.89. The number of carbonyl (C=O) groups is 1. The van der Waals surface area contributed by atoms with Crippen molar-refractivity contribution in [3.63, 3.8) is 0 Å². The van der Waals surface area contributed by atoms with E-state index in [-0.39, 0.29) is 43.1 Å². The van der Waals surface area contributed by atoms with Gasteiger partial charge in [-0.1, -0.05) is 48.5 Å². The quantitative estimate of drug-likeness (QED) is 0.621. The smallest absolute Gasteiger partial charge is 0.241 e. The van der Waals surface area contributed by atoms with Crippen molar-refractivity contribution < 1.29 is 4.79 Å². The van der Waals surface area contributed by atoms with Crippen LogP contribution in [0.4, 0.5) is 5.69 Å². The van der Waals surface area contributed by atoms with Crippen LogP contribution in [0.2, 0.25) is 0 Å². The van der Waals surface area contributed by atoms with Gasteiger partial charge in [0, 0.05) is 38.4 Å². The molecule has 1 unspecified atom stereocenters. The highest BCUT2D eigenvalue weighted by atomic mass is 35.5. The first-order valence-corrected chi connectivity index (χ1v) is 9.34. The van der Waals surface area contributed by atoms with Crippen molar-refractivity contribution in [1.29, 1.82) is 0 Å². The minimum atomic E-state index is -0.592. The Balaban J connectivity index is 0.00000261. The van der Waals surface area contributed by atoms with Crippen LogP contribution in [0, 0.1) is 0 Å². The Bertz CT molecular complexity index is 683. The van der Waals surface area contributed by atoms with Gasteiger partial charge in [-0.2, -0.15) is 0 Å². The molecule has 2 aromatic carbocycles. The average Bonchev–Trinajstić information content (AvgIpc) is 2.72. The molecule has 0 radical (unpaired) electrons. The minimum Gasteiger partial charge on any atom is -0.369 e. The second-order valence-corrected chi connectivity index (χ2v) is 6.70. The molecule has 1 atom stereocenters. The molecule has 162 valence electrons. The molecule has 29 heavy (non-hydrogen) atoms. The zero-order valence-electron chi connectivity index (χ0n) is 16.4.